The van der Waals surface area contributed by atoms with Crippen molar-refractivity contribution in [3.8, 4) is 0 Å². The summed E-state index contributed by atoms with van der Waals surface area (Å²) in [6.45, 7) is 4.23. The summed E-state index contributed by atoms with van der Waals surface area (Å²) in [6.07, 6.45) is 2.35. The lowest BCUT2D eigenvalue weighted by molar-refractivity contribution is 0.220. The average Bonchev–Trinajstić information content (AvgIpc) is 3.29. The Morgan fingerprint density at radius 1 is 1.27 bits per heavy atom. The van der Waals surface area contributed by atoms with Crippen molar-refractivity contribution in [1.29, 1.82) is 0 Å². The van der Waals surface area contributed by atoms with E-state index in [1.807, 2.05) is 11.4 Å². The predicted octanol–water partition coefficient (Wildman–Crippen LogP) is 4.22. The fraction of sp³-hybridized carbons (Fsp3) is 0.421. The molecule has 1 fully saturated rings. The SMILES string of the molecule is CC(NC(=O)NCC(c1cccs1)N1CCCC1)c1ccc(F)cc1F. The third kappa shape index (κ3) is 4.59. The number of carbonyl (C=O) groups is 1. The maximum atomic E-state index is 13.8. The van der Waals surface area contributed by atoms with Crippen molar-refractivity contribution in [3.63, 3.8) is 0 Å². The second-order valence-corrected chi connectivity index (χ2v) is 7.50. The molecule has 0 saturated carbocycles. The van der Waals surface area contributed by atoms with Crippen LogP contribution in [0.15, 0.2) is 35.7 Å². The van der Waals surface area contributed by atoms with Crippen LogP contribution >= 0.6 is 11.3 Å². The number of halogens is 2. The number of nitrogens with zero attached hydrogens (tertiary/aromatic N) is 1. The first kappa shape index (κ1) is 18.8. The van der Waals surface area contributed by atoms with Gasteiger partial charge < -0.3 is 10.6 Å². The number of likely N-dealkylation sites (tertiary alicyclic amines) is 1. The molecule has 1 saturated heterocycles. The first-order valence-corrected chi connectivity index (χ1v) is 9.69. The highest BCUT2D eigenvalue weighted by atomic mass is 32.1. The van der Waals surface area contributed by atoms with Crippen LogP contribution in [0.3, 0.4) is 0 Å². The monoisotopic (exact) mass is 379 g/mol. The van der Waals surface area contributed by atoms with Gasteiger partial charge in [0.05, 0.1) is 12.1 Å². The smallest absolute Gasteiger partial charge is 0.315 e. The molecular formula is C19H23F2N3OS. The molecule has 2 aromatic rings. The van der Waals surface area contributed by atoms with E-state index < -0.39 is 17.7 Å². The summed E-state index contributed by atoms with van der Waals surface area (Å²) in [5.41, 5.74) is 0.260. The third-order valence-corrected chi connectivity index (χ3v) is 5.66. The van der Waals surface area contributed by atoms with Crippen LogP contribution in [0, 0.1) is 11.6 Å². The number of benzene rings is 1. The molecule has 1 aromatic carbocycles. The van der Waals surface area contributed by atoms with Gasteiger partial charge in [-0.1, -0.05) is 12.1 Å². The number of urea groups is 1. The van der Waals surface area contributed by atoms with Crippen LogP contribution in [0.25, 0.3) is 0 Å². The van der Waals surface area contributed by atoms with Gasteiger partial charge in [0.2, 0.25) is 0 Å². The van der Waals surface area contributed by atoms with Gasteiger partial charge in [-0.2, -0.15) is 0 Å². The topological polar surface area (TPSA) is 44.4 Å². The number of amides is 2. The van der Waals surface area contributed by atoms with Gasteiger partial charge in [0.1, 0.15) is 11.6 Å². The number of carbonyl (C=O) groups excluding carboxylic acids is 1. The van der Waals surface area contributed by atoms with E-state index in [9.17, 15) is 13.6 Å². The highest BCUT2D eigenvalue weighted by molar-refractivity contribution is 7.10. The number of hydrogen-bond acceptors (Lipinski definition) is 3. The lowest BCUT2D eigenvalue weighted by atomic mass is 10.1. The van der Waals surface area contributed by atoms with Crippen LogP contribution in [0.5, 0.6) is 0 Å². The summed E-state index contributed by atoms with van der Waals surface area (Å²) >= 11 is 1.69. The van der Waals surface area contributed by atoms with E-state index in [0.29, 0.717) is 6.54 Å². The van der Waals surface area contributed by atoms with Gasteiger partial charge in [-0.05, 0) is 50.4 Å². The molecule has 1 aliphatic rings. The molecule has 2 heterocycles. The van der Waals surface area contributed by atoms with Crippen molar-refractivity contribution in [1.82, 2.24) is 15.5 Å². The standard InChI is InChI=1S/C19H23F2N3OS/c1-13(15-7-6-14(20)11-16(15)21)23-19(25)22-12-17(18-5-4-10-26-18)24-8-2-3-9-24/h4-7,10-11,13,17H,2-3,8-9,12H2,1H3,(H2,22,23,25). The lowest BCUT2D eigenvalue weighted by Crippen LogP contribution is -2.42. The van der Waals surface area contributed by atoms with Gasteiger partial charge in [0, 0.05) is 23.1 Å². The van der Waals surface area contributed by atoms with Crippen LogP contribution in [0.1, 0.15) is 42.3 Å². The Balaban J connectivity index is 1.58. The van der Waals surface area contributed by atoms with Crippen LogP contribution in [-0.2, 0) is 0 Å². The minimum absolute atomic E-state index is 0.154. The zero-order valence-electron chi connectivity index (χ0n) is 14.7. The van der Waals surface area contributed by atoms with E-state index in [2.05, 4.69) is 21.6 Å². The highest BCUT2D eigenvalue weighted by Gasteiger charge is 2.25. The zero-order valence-corrected chi connectivity index (χ0v) is 15.5. The Bertz CT molecular complexity index is 732. The van der Waals surface area contributed by atoms with Crippen molar-refractivity contribution in [2.24, 2.45) is 0 Å². The predicted molar refractivity (Wildman–Crippen MR) is 99.2 cm³/mol. The number of thiophene rings is 1. The fourth-order valence-electron chi connectivity index (χ4n) is 3.31. The second kappa shape index (κ2) is 8.60. The molecule has 140 valence electrons. The molecule has 0 aliphatic carbocycles. The normalized spacial score (nSPS) is 17.0. The maximum Gasteiger partial charge on any atom is 0.315 e. The molecular weight excluding hydrogens is 356 g/mol. The van der Waals surface area contributed by atoms with Crippen LogP contribution in [-0.4, -0.2) is 30.6 Å². The molecule has 1 aliphatic heterocycles. The van der Waals surface area contributed by atoms with E-state index in [0.717, 1.165) is 19.2 Å². The number of hydrogen-bond donors (Lipinski definition) is 2. The Labute approximate surface area is 156 Å². The van der Waals surface area contributed by atoms with E-state index >= 15 is 0 Å². The van der Waals surface area contributed by atoms with Gasteiger partial charge in [0.25, 0.3) is 0 Å². The van der Waals surface area contributed by atoms with Crippen LogP contribution in [0.4, 0.5) is 13.6 Å². The molecule has 0 spiro atoms. The van der Waals surface area contributed by atoms with Crippen molar-refractivity contribution < 1.29 is 13.6 Å². The summed E-state index contributed by atoms with van der Waals surface area (Å²) in [6, 6.07) is 6.71. The fourth-order valence-corrected chi connectivity index (χ4v) is 4.17. The molecule has 2 atom stereocenters. The van der Waals surface area contributed by atoms with Crippen molar-refractivity contribution >= 4 is 17.4 Å². The number of nitrogens with one attached hydrogen (secondary N) is 2. The number of rotatable bonds is 6. The van der Waals surface area contributed by atoms with Gasteiger partial charge in [-0.25, -0.2) is 13.6 Å². The molecule has 26 heavy (non-hydrogen) atoms. The Kier molecular flexibility index (Phi) is 6.21. The molecule has 4 nitrogen and oxygen atoms in total. The molecule has 0 radical (unpaired) electrons. The molecule has 7 heteroatoms. The van der Waals surface area contributed by atoms with E-state index in [4.69, 9.17) is 0 Å². The maximum absolute atomic E-state index is 13.8. The quantitative estimate of drug-likeness (QED) is 0.789. The van der Waals surface area contributed by atoms with Gasteiger partial charge in [0.15, 0.2) is 0 Å². The van der Waals surface area contributed by atoms with E-state index in [1.54, 1.807) is 18.3 Å². The zero-order chi connectivity index (χ0) is 18.5. The summed E-state index contributed by atoms with van der Waals surface area (Å²) in [5, 5.41) is 7.66. The Hall–Kier alpha value is -1.99. The lowest BCUT2D eigenvalue weighted by Gasteiger charge is -2.27. The third-order valence-electron chi connectivity index (χ3n) is 4.69. The Morgan fingerprint density at radius 2 is 2.04 bits per heavy atom. The second-order valence-electron chi connectivity index (χ2n) is 6.52. The molecule has 2 N–H and O–H groups in total. The summed E-state index contributed by atoms with van der Waals surface area (Å²) in [5.74, 6) is -1.29. The van der Waals surface area contributed by atoms with Gasteiger partial charge >= 0.3 is 6.03 Å². The Morgan fingerprint density at radius 3 is 2.69 bits per heavy atom. The molecule has 0 bridgehead atoms. The summed E-state index contributed by atoms with van der Waals surface area (Å²) < 4.78 is 26.9. The first-order chi connectivity index (χ1) is 12.5. The summed E-state index contributed by atoms with van der Waals surface area (Å²) in [7, 11) is 0. The van der Waals surface area contributed by atoms with Crippen molar-refractivity contribution in [2.75, 3.05) is 19.6 Å². The van der Waals surface area contributed by atoms with Crippen molar-refractivity contribution in [2.45, 2.75) is 31.8 Å². The molecule has 2 amide bonds. The van der Waals surface area contributed by atoms with Crippen molar-refractivity contribution in [3.05, 3.63) is 57.8 Å². The molecule has 1 aromatic heterocycles. The van der Waals surface area contributed by atoms with E-state index in [1.165, 1.54) is 29.9 Å². The van der Waals surface area contributed by atoms with Crippen LogP contribution < -0.4 is 10.6 Å². The minimum atomic E-state index is -0.661. The first-order valence-electron chi connectivity index (χ1n) is 8.81. The summed E-state index contributed by atoms with van der Waals surface area (Å²) in [4.78, 5) is 15.9. The average molecular weight is 379 g/mol. The minimum Gasteiger partial charge on any atom is -0.336 e. The van der Waals surface area contributed by atoms with E-state index in [-0.39, 0.29) is 17.6 Å². The van der Waals surface area contributed by atoms with Gasteiger partial charge in [-0.3, -0.25) is 4.90 Å². The van der Waals surface area contributed by atoms with Gasteiger partial charge in [-0.15, -0.1) is 11.3 Å². The largest absolute Gasteiger partial charge is 0.336 e. The molecule has 3 rings (SSSR count). The van der Waals surface area contributed by atoms with Crippen LogP contribution in [0.2, 0.25) is 0 Å². The molecule has 2 unspecified atom stereocenters. The highest BCUT2D eigenvalue weighted by Crippen LogP contribution is 2.27.